The van der Waals surface area contributed by atoms with Gasteiger partial charge in [0, 0.05) is 12.5 Å². The van der Waals surface area contributed by atoms with Gasteiger partial charge in [-0.05, 0) is 12.1 Å². The second-order valence-corrected chi connectivity index (χ2v) is 3.50. The van der Waals surface area contributed by atoms with E-state index >= 15 is 0 Å². The van der Waals surface area contributed by atoms with Gasteiger partial charge in [0.05, 0.1) is 6.26 Å². The lowest BCUT2D eigenvalue weighted by atomic mass is 10.1. The van der Waals surface area contributed by atoms with Crippen LogP contribution in [0.25, 0.3) is 0 Å². The van der Waals surface area contributed by atoms with Gasteiger partial charge in [-0.25, -0.2) is 0 Å². The average molecular weight is 197 g/mol. The lowest BCUT2D eigenvalue weighted by Crippen LogP contribution is -2.42. The maximum atomic E-state index is 10.9. The van der Waals surface area contributed by atoms with E-state index in [1.54, 1.807) is 18.4 Å². The van der Waals surface area contributed by atoms with Gasteiger partial charge in [-0.2, -0.15) is 0 Å². The third-order valence-electron chi connectivity index (χ3n) is 1.82. The summed E-state index contributed by atoms with van der Waals surface area (Å²) >= 11 is 0. The first-order chi connectivity index (χ1) is 6.59. The van der Waals surface area contributed by atoms with Crippen molar-refractivity contribution in [2.24, 2.45) is 0 Å². The van der Waals surface area contributed by atoms with Crippen molar-refractivity contribution in [2.75, 3.05) is 0 Å². The van der Waals surface area contributed by atoms with Crippen LogP contribution in [0.1, 0.15) is 19.6 Å². The molecule has 1 aromatic heterocycles. The summed E-state index contributed by atoms with van der Waals surface area (Å²) in [5.74, 6) is -0.166. The first kappa shape index (κ1) is 10.8. The Hall–Kier alpha value is -1.29. The Kier molecular flexibility index (Phi) is 3.71. The number of rotatable bonds is 5. The Morgan fingerprint density at radius 1 is 1.64 bits per heavy atom. The Bertz CT molecular complexity index is 280. The Morgan fingerprint density at radius 3 is 2.79 bits per heavy atom. The molecular weight excluding hydrogens is 182 g/mol. The van der Waals surface area contributed by atoms with E-state index in [9.17, 15) is 4.79 Å². The fourth-order valence-electron chi connectivity index (χ4n) is 1.25. The van der Waals surface area contributed by atoms with Crippen LogP contribution in [-0.2, 0) is 11.2 Å². The van der Waals surface area contributed by atoms with E-state index in [2.05, 4.69) is 5.32 Å². The highest BCUT2D eigenvalue weighted by Gasteiger charge is 2.19. The van der Waals surface area contributed by atoms with Crippen molar-refractivity contribution in [3.63, 3.8) is 0 Å². The predicted octanol–water partition coefficient (Wildman–Crippen LogP) is 1.27. The average Bonchev–Trinajstić information content (AvgIpc) is 2.54. The molecular formula is C10H15NO3. The molecule has 0 fully saturated rings. The number of furan rings is 1. The largest absolute Gasteiger partial charge is 0.480 e. The molecule has 0 unspecified atom stereocenters. The van der Waals surface area contributed by atoms with Crippen LogP contribution in [0.3, 0.4) is 0 Å². The maximum Gasteiger partial charge on any atom is 0.321 e. The molecule has 0 radical (unpaired) electrons. The van der Waals surface area contributed by atoms with Gasteiger partial charge >= 0.3 is 5.97 Å². The molecule has 0 aliphatic carbocycles. The van der Waals surface area contributed by atoms with Crippen LogP contribution in [0.2, 0.25) is 0 Å². The van der Waals surface area contributed by atoms with Crippen LogP contribution in [0.4, 0.5) is 0 Å². The monoisotopic (exact) mass is 197 g/mol. The quantitative estimate of drug-likeness (QED) is 0.746. The van der Waals surface area contributed by atoms with Crippen molar-refractivity contribution in [1.29, 1.82) is 0 Å². The summed E-state index contributed by atoms with van der Waals surface area (Å²) in [5.41, 5.74) is 0. The highest BCUT2D eigenvalue weighted by atomic mass is 16.4. The summed E-state index contributed by atoms with van der Waals surface area (Å²) in [6.07, 6.45) is 1.92. The van der Waals surface area contributed by atoms with Crippen LogP contribution in [-0.4, -0.2) is 23.2 Å². The Morgan fingerprint density at radius 2 is 2.36 bits per heavy atom. The van der Waals surface area contributed by atoms with Crippen LogP contribution >= 0.6 is 0 Å². The number of nitrogens with one attached hydrogen (secondary N) is 1. The minimum Gasteiger partial charge on any atom is -0.480 e. The van der Waals surface area contributed by atoms with Gasteiger partial charge in [0.2, 0.25) is 0 Å². The van der Waals surface area contributed by atoms with E-state index < -0.39 is 12.0 Å². The molecule has 2 N–H and O–H groups in total. The zero-order valence-corrected chi connectivity index (χ0v) is 8.36. The number of carboxylic acids is 1. The van der Waals surface area contributed by atoms with Gasteiger partial charge in [-0.1, -0.05) is 13.8 Å². The summed E-state index contributed by atoms with van der Waals surface area (Å²) in [6, 6.07) is 3.09. The molecule has 1 atom stereocenters. The Labute approximate surface area is 82.9 Å². The minimum atomic E-state index is -0.852. The van der Waals surface area contributed by atoms with Crippen molar-refractivity contribution in [3.05, 3.63) is 24.2 Å². The molecule has 1 rings (SSSR count). The Balaban J connectivity index is 2.56. The smallest absolute Gasteiger partial charge is 0.321 e. The predicted molar refractivity (Wildman–Crippen MR) is 52.1 cm³/mol. The van der Waals surface area contributed by atoms with Gasteiger partial charge in [0.15, 0.2) is 0 Å². The molecule has 0 saturated carbocycles. The highest BCUT2D eigenvalue weighted by Crippen LogP contribution is 2.05. The van der Waals surface area contributed by atoms with E-state index in [0.717, 1.165) is 0 Å². The first-order valence-electron chi connectivity index (χ1n) is 4.61. The first-order valence-corrected chi connectivity index (χ1v) is 4.61. The molecule has 0 aliphatic heterocycles. The van der Waals surface area contributed by atoms with Crippen molar-refractivity contribution < 1.29 is 14.3 Å². The van der Waals surface area contributed by atoms with E-state index in [1.807, 2.05) is 13.8 Å². The van der Waals surface area contributed by atoms with Crippen LogP contribution in [0.5, 0.6) is 0 Å². The molecule has 0 amide bonds. The highest BCUT2D eigenvalue weighted by molar-refractivity contribution is 5.73. The van der Waals surface area contributed by atoms with E-state index in [-0.39, 0.29) is 6.04 Å². The molecule has 0 aromatic carbocycles. The normalized spacial score (nSPS) is 13.1. The standard InChI is InChI=1S/C10H15NO3/c1-7(2)11-9(10(12)13)6-8-4-3-5-14-8/h3-5,7,9,11H,6H2,1-2H3,(H,12,13)/t9-/m0/s1. The van der Waals surface area contributed by atoms with Gasteiger partial charge in [0.1, 0.15) is 11.8 Å². The van der Waals surface area contributed by atoms with Crippen LogP contribution in [0.15, 0.2) is 22.8 Å². The molecule has 0 bridgehead atoms. The zero-order valence-electron chi connectivity index (χ0n) is 8.36. The lowest BCUT2D eigenvalue weighted by molar-refractivity contribution is -0.139. The van der Waals surface area contributed by atoms with Crippen molar-refractivity contribution >= 4 is 5.97 Å². The van der Waals surface area contributed by atoms with Crippen molar-refractivity contribution in [1.82, 2.24) is 5.32 Å². The number of hydrogen-bond donors (Lipinski definition) is 2. The number of hydrogen-bond acceptors (Lipinski definition) is 3. The molecule has 0 spiro atoms. The zero-order chi connectivity index (χ0) is 10.6. The van der Waals surface area contributed by atoms with E-state index in [0.29, 0.717) is 12.2 Å². The molecule has 4 heteroatoms. The van der Waals surface area contributed by atoms with Gasteiger partial charge in [-0.3, -0.25) is 4.79 Å². The fourth-order valence-corrected chi connectivity index (χ4v) is 1.25. The van der Waals surface area contributed by atoms with Crippen molar-refractivity contribution in [3.8, 4) is 0 Å². The summed E-state index contributed by atoms with van der Waals surface area (Å²) in [6.45, 7) is 3.83. The second kappa shape index (κ2) is 4.81. The summed E-state index contributed by atoms with van der Waals surface area (Å²) in [4.78, 5) is 10.9. The molecule has 1 aromatic rings. The summed E-state index contributed by atoms with van der Waals surface area (Å²) < 4.78 is 5.09. The van der Waals surface area contributed by atoms with Crippen LogP contribution < -0.4 is 5.32 Å². The molecule has 1 heterocycles. The number of aliphatic carboxylic acids is 1. The third-order valence-corrected chi connectivity index (χ3v) is 1.82. The lowest BCUT2D eigenvalue weighted by Gasteiger charge is -2.15. The maximum absolute atomic E-state index is 10.9. The SMILES string of the molecule is CC(C)N[C@@H](Cc1ccco1)C(=O)O. The minimum absolute atomic E-state index is 0.145. The summed E-state index contributed by atoms with van der Waals surface area (Å²) in [5, 5.41) is 11.9. The molecule has 0 saturated heterocycles. The summed E-state index contributed by atoms with van der Waals surface area (Å²) in [7, 11) is 0. The molecule has 0 aliphatic rings. The van der Waals surface area contributed by atoms with Crippen molar-refractivity contribution in [2.45, 2.75) is 32.4 Å². The fraction of sp³-hybridized carbons (Fsp3) is 0.500. The molecule has 14 heavy (non-hydrogen) atoms. The number of carboxylic acid groups (broad SMARTS) is 1. The molecule has 4 nitrogen and oxygen atoms in total. The topological polar surface area (TPSA) is 62.5 Å². The third kappa shape index (κ3) is 3.22. The van der Waals surface area contributed by atoms with Gasteiger partial charge in [0.25, 0.3) is 0 Å². The van der Waals surface area contributed by atoms with Gasteiger partial charge < -0.3 is 14.8 Å². The molecule has 78 valence electrons. The second-order valence-electron chi connectivity index (χ2n) is 3.50. The number of carbonyl (C=O) groups is 1. The van der Waals surface area contributed by atoms with Crippen LogP contribution in [0, 0.1) is 0 Å². The van der Waals surface area contributed by atoms with Gasteiger partial charge in [-0.15, -0.1) is 0 Å². The van der Waals surface area contributed by atoms with E-state index in [4.69, 9.17) is 9.52 Å². The van der Waals surface area contributed by atoms with E-state index in [1.165, 1.54) is 0 Å².